The number of nitrogens with zero attached hydrogens (tertiary/aromatic N) is 9. The highest BCUT2D eigenvalue weighted by molar-refractivity contribution is 6.00. The number of hydrogen-bond donors (Lipinski definition) is 1. The van der Waals surface area contributed by atoms with Crippen LogP contribution in [0.5, 0.6) is 0 Å². The fraction of sp³-hybridized carbons (Fsp3) is 0.388. The van der Waals surface area contributed by atoms with Crippen LogP contribution in [0.4, 0.5) is 8.78 Å². The molecule has 1 amide bonds. The molecule has 2 saturated heterocycles. The van der Waals surface area contributed by atoms with Crippen LogP contribution >= 0.6 is 0 Å². The number of carbonyl (C=O) groups is 1. The molecule has 3 aromatic carbocycles. The number of nitrogens with one attached hydrogen (secondary N) is 1. The summed E-state index contributed by atoms with van der Waals surface area (Å²) in [5, 5.41) is 14.9. The Labute approximate surface area is 381 Å². The van der Waals surface area contributed by atoms with Gasteiger partial charge in [0.15, 0.2) is 11.6 Å². The van der Waals surface area contributed by atoms with E-state index in [1.54, 1.807) is 58.6 Å². The van der Waals surface area contributed by atoms with Crippen LogP contribution in [0.15, 0.2) is 81.2 Å². The molecule has 1 saturated carbocycles. The average Bonchev–Trinajstić information content (AvgIpc) is 3.79. The molecule has 1 N–H and O–H groups in total. The smallest absolute Gasteiger partial charge is 0.381 e. The van der Waals surface area contributed by atoms with E-state index in [1.807, 2.05) is 17.6 Å². The lowest BCUT2D eigenvalue weighted by Crippen LogP contribution is -2.43. The third-order valence-electron chi connectivity index (χ3n) is 14.6. The topological polar surface area (TPSA) is 165 Å². The summed E-state index contributed by atoms with van der Waals surface area (Å²) in [5.41, 5.74) is 4.19. The first-order valence-electron chi connectivity index (χ1n) is 22.8. The maximum absolute atomic E-state index is 16.6. The summed E-state index contributed by atoms with van der Waals surface area (Å²) < 4.78 is 55.9. The summed E-state index contributed by atoms with van der Waals surface area (Å²) >= 11 is 0. The fourth-order valence-electron chi connectivity index (χ4n) is 10.8. The molecule has 8 heterocycles. The van der Waals surface area contributed by atoms with Gasteiger partial charge in [-0.15, -0.1) is 0 Å². The van der Waals surface area contributed by atoms with E-state index in [4.69, 9.17) is 19.1 Å². The molecule has 1 atom stereocenters. The zero-order chi connectivity index (χ0) is 46.1. The van der Waals surface area contributed by atoms with Crippen molar-refractivity contribution in [2.45, 2.75) is 83.8 Å². The molecule has 4 aliphatic rings. The summed E-state index contributed by atoms with van der Waals surface area (Å²) in [6.45, 7) is 10.8. The minimum atomic E-state index is -0.811. The van der Waals surface area contributed by atoms with Crippen LogP contribution in [0.3, 0.4) is 0 Å². The molecule has 344 valence electrons. The summed E-state index contributed by atoms with van der Waals surface area (Å²) in [5.74, 6) is -0.851. The molecule has 0 radical (unpaired) electrons. The van der Waals surface area contributed by atoms with Gasteiger partial charge in [0.05, 0.1) is 60.0 Å². The van der Waals surface area contributed by atoms with Gasteiger partial charge in [-0.05, 0) is 112 Å². The highest BCUT2D eigenvalue weighted by atomic mass is 19.1. The highest BCUT2D eigenvalue weighted by Crippen LogP contribution is 2.51. The molecule has 18 heteroatoms. The van der Waals surface area contributed by atoms with Gasteiger partial charge < -0.3 is 18.9 Å². The molecule has 8 aromatic rings. The third-order valence-corrected chi connectivity index (χ3v) is 14.6. The molecule has 12 rings (SSSR count). The summed E-state index contributed by atoms with van der Waals surface area (Å²) in [7, 11) is 0. The second-order valence-corrected chi connectivity index (χ2v) is 19.2. The molecule has 1 aliphatic carbocycles. The zero-order valence-corrected chi connectivity index (χ0v) is 37.5. The van der Waals surface area contributed by atoms with E-state index in [9.17, 15) is 9.59 Å². The van der Waals surface area contributed by atoms with Crippen molar-refractivity contribution in [3.8, 4) is 17.2 Å². The number of halogens is 2. The minimum Gasteiger partial charge on any atom is -0.381 e. The van der Waals surface area contributed by atoms with Crippen LogP contribution < -0.4 is 11.4 Å². The van der Waals surface area contributed by atoms with Crippen molar-refractivity contribution in [3.05, 3.63) is 139 Å². The highest BCUT2D eigenvalue weighted by Gasteiger charge is 2.52. The summed E-state index contributed by atoms with van der Waals surface area (Å²) in [6, 6.07) is 14.3. The molecule has 0 spiro atoms. The van der Waals surface area contributed by atoms with E-state index in [0.717, 1.165) is 23.7 Å². The number of hydrogen-bond acceptors (Lipinski definition) is 9. The Kier molecular flexibility index (Phi) is 9.32. The third kappa shape index (κ3) is 6.43. The van der Waals surface area contributed by atoms with Crippen molar-refractivity contribution >= 4 is 27.7 Å². The second-order valence-electron chi connectivity index (χ2n) is 19.2. The van der Waals surface area contributed by atoms with Crippen LogP contribution in [-0.2, 0) is 28.0 Å². The quantitative estimate of drug-likeness (QED) is 0.162. The first-order chi connectivity index (χ1) is 32.3. The van der Waals surface area contributed by atoms with Gasteiger partial charge in [-0.2, -0.15) is 10.2 Å². The number of carbonyl (C=O) groups excluding carboxylic acids is 1. The Morgan fingerprint density at radius 3 is 2.37 bits per heavy atom. The summed E-state index contributed by atoms with van der Waals surface area (Å²) in [6.07, 6.45) is 7.97. The Morgan fingerprint density at radius 2 is 1.67 bits per heavy atom. The lowest BCUT2D eigenvalue weighted by molar-refractivity contribution is -0.111. The molecule has 16 nitrogen and oxygen atoms in total. The van der Waals surface area contributed by atoms with Crippen LogP contribution in [-0.4, -0.2) is 87.2 Å². The minimum absolute atomic E-state index is 0.0440. The number of amides is 1. The van der Waals surface area contributed by atoms with E-state index in [1.165, 1.54) is 27.1 Å². The van der Waals surface area contributed by atoms with Gasteiger partial charge in [-0.25, -0.2) is 23.1 Å². The zero-order valence-electron chi connectivity index (χ0n) is 37.5. The normalized spacial score (nSPS) is 19.0. The van der Waals surface area contributed by atoms with Crippen molar-refractivity contribution in [1.82, 2.24) is 48.3 Å². The first kappa shape index (κ1) is 41.5. The van der Waals surface area contributed by atoms with Crippen molar-refractivity contribution in [3.63, 3.8) is 0 Å². The van der Waals surface area contributed by atoms with Gasteiger partial charge in [-0.3, -0.25) is 28.1 Å². The molecular formula is C49H48F2N10O6. The number of ether oxygens (including phenoxy) is 2. The molecule has 3 fully saturated rings. The fourth-order valence-corrected chi connectivity index (χ4v) is 10.8. The van der Waals surface area contributed by atoms with E-state index in [0.29, 0.717) is 116 Å². The van der Waals surface area contributed by atoms with Gasteiger partial charge >= 0.3 is 11.4 Å². The number of benzene rings is 3. The molecule has 0 bridgehead atoms. The van der Waals surface area contributed by atoms with E-state index in [-0.39, 0.29) is 28.2 Å². The number of aryl methyl sites for hydroxylation is 2. The predicted octanol–water partition coefficient (Wildman–Crippen LogP) is 6.92. The van der Waals surface area contributed by atoms with Crippen molar-refractivity contribution in [1.29, 1.82) is 0 Å². The summed E-state index contributed by atoms with van der Waals surface area (Å²) in [4.78, 5) is 47.1. The Hall–Kier alpha value is -6.92. The van der Waals surface area contributed by atoms with Crippen molar-refractivity contribution in [2.24, 2.45) is 5.41 Å². The van der Waals surface area contributed by atoms with Gasteiger partial charge in [0.1, 0.15) is 22.9 Å². The van der Waals surface area contributed by atoms with Gasteiger partial charge in [-0.1, -0.05) is 18.1 Å². The van der Waals surface area contributed by atoms with E-state index in [2.05, 4.69) is 40.4 Å². The molecule has 67 heavy (non-hydrogen) atoms. The van der Waals surface area contributed by atoms with E-state index >= 15 is 13.6 Å². The lowest BCUT2D eigenvalue weighted by atomic mass is 9.89. The second kappa shape index (κ2) is 15.0. The molecule has 0 unspecified atom stereocenters. The van der Waals surface area contributed by atoms with Gasteiger partial charge in [0, 0.05) is 60.5 Å². The Balaban J connectivity index is 0.974. The monoisotopic (exact) mass is 910 g/mol. The largest absolute Gasteiger partial charge is 0.438 e. The number of H-pyrrole nitrogens is 1. The van der Waals surface area contributed by atoms with Crippen molar-refractivity contribution < 1.29 is 27.6 Å². The SMILES string of the molecule is Cc1cc(-n2nc3c(c2-n2ccn(-c4ccc5c(cnn5CC5(C)COC5)c4F)c2=O)[C@H](C)N(C(=O)c2cc4cc(C5CCOCC5)ccc4n2C2(c4noc(=O)[nH]4)CC2)CC3)cc(C)c1F. The van der Waals surface area contributed by atoms with E-state index < -0.39 is 28.8 Å². The predicted molar refractivity (Wildman–Crippen MR) is 241 cm³/mol. The number of rotatable bonds is 9. The van der Waals surface area contributed by atoms with Crippen LogP contribution in [0, 0.1) is 30.9 Å². The number of fused-ring (bicyclic) bond motifs is 3. The van der Waals surface area contributed by atoms with Crippen molar-refractivity contribution in [2.75, 3.05) is 33.0 Å². The van der Waals surface area contributed by atoms with Crippen LogP contribution in [0.1, 0.15) is 95.8 Å². The maximum atomic E-state index is 16.6. The Morgan fingerprint density at radius 1 is 0.925 bits per heavy atom. The first-order valence-corrected chi connectivity index (χ1v) is 22.8. The van der Waals surface area contributed by atoms with Gasteiger partial charge in [0.2, 0.25) is 0 Å². The lowest BCUT2D eigenvalue weighted by Gasteiger charge is -2.37. The maximum Gasteiger partial charge on any atom is 0.438 e. The van der Waals surface area contributed by atoms with Crippen LogP contribution in [0.2, 0.25) is 0 Å². The number of aromatic nitrogens is 9. The Bertz CT molecular complexity index is 3420. The van der Waals surface area contributed by atoms with Crippen LogP contribution in [0.25, 0.3) is 39.0 Å². The molecule has 5 aromatic heterocycles. The van der Waals surface area contributed by atoms with Gasteiger partial charge in [0.25, 0.3) is 5.91 Å². The molecular weight excluding hydrogens is 863 g/mol. The molecule has 3 aliphatic heterocycles. The number of aromatic amines is 1. The average molecular weight is 911 g/mol. The standard InChI is InChI=1S/C49H48F2N10O6/c1-27-19-33(20-28(2)41(27)50)61-43(58-16-15-57(47(58)64)38-8-7-37-34(42(38)51)23-52-59(37)24-48(4)25-66-26-48)40-29(3)56(14-9-35(40)54-61)44(62)39-22-32-21-31(30-10-17-65-18-11-30)5-6-36(32)60(39)49(12-13-49)45-53-46(63)67-55-45/h5-8,15-16,19-23,29-30H,9-14,17-18,24-26H2,1-4H3,(H,53,55,63)/t29-/m0/s1. The number of imidazole rings is 1.